The van der Waals surface area contributed by atoms with Gasteiger partial charge in [-0.15, -0.1) is 35.3 Å². The van der Waals surface area contributed by atoms with Gasteiger partial charge in [0.2, 0.25) is 11.7 Å². The van der Waals surface area contributed by atoms with Crippen LogP contribution in [0, 0.1) is 6.92 Å². The summed E-state index contributed by atoms with van der Waals surface area (Å²) in [5.74, 6) is 1.88. The van der Waals surface area contributed by atoms with E-state index in [-0.39, 0.29) is 24.0 Å². The fourth-order valence-corrected chi connectivity index (χ4v) is 3.30. The van der Waals surface area contributed by atoms with E-state index in [1.165, 1.54) is 10.4 Å². The molecule has 1 aromatic carbocycles. The lowest BCUT2D eigenvalue weighted by molar-refractivity contribution is 0.378. The van der Waals surface area contributed by atoms with Gasteiger partial charge in [-0.3, -0.25) is 4.99 Å². The van der Waals surface area contributed by atoms with Crippen molar-refractivity contribution in [2.45, 2.75) is 19.9 Å². The molecule has 0 bridgehead atoms. The highest BCUT2D eigenvalue weighted by molar-refractivity contribution is 14.0. The minimum absolute atomic E-state index is 0. The topological polar surface area (TPSA) is 75.3 Å². The minimum atomic E-state index is 0. The third-order valence-electron chi connectivity index (χ3n) is 3.81. The predicted molar refractivity (Wildman–Crippen MR) is 121 cm³/mol. The molecule has 0 radical (unpaired) electrons. The lowest BCUT2D eigenvalue weighted by atomic mass is 10.2. The van der Waals surface area contributed by atoms with E-state index in [9.17, 15) is 0 Å². The van der Waals surface area contributed by atoms with Gasteiger partial charge >= 0.3 is 0 Å². The maximum atomic E-state index is 5.89. The molecule has 0 spiro atoms. The Morgan fingerprint density at radius 1 is 1.22 bits per heavy atom. The quantitative estimate of drug-likeness (QED) is 0.290. The molecule has 2 aromatic heterocycles. The van der Waals surface area contributed by atoms with Gasteiger partial charge in [-0.25, -0.2) is 0 Å². The highest BCUT2D eigenvalue weighted by Crippen LogP contribution is 2.18. The number of benzene rings is 1. The van der Waals surface area contributed by atoms with Crippen molar-refractivity contribution in [3.63, 3.8) is 0 Å². The van der Waals surface area contributed by atoms with E-state index in [1.54, 1.807) is 30.5 Å². The molecule has 27 heavy (non-hydrogen) atoms. The predicted octanol–water partition coefficient (Wildman–Crippen LogP) is 4.29. The number of nitrogens with one attached hydrogen (secondary N) is 2. The second kappa shape index (κ2) is 10.6. The number of aryl methyl sites for hydroxylation is 1. The number of hydrogen-bond donors (Lipinski definition) is 2. The summed E-state index contributed by atoms with van der Waals surface area (Å²) in [6, 6.07) is 9.46. The van der Waals surface area contributed by atoms with E-state index >= 15 is 0 Å². The number of halogens is 2. The van der Waals surface area contributed by atoms with Gasteiger partial charge in [-0.1, -0.05) is 16.8 Å². The first-order valence-corrected chi connectivity index (χ1v) is 9.47. The van der Waals surface area contributed by atoms with Crippen LogP contribution in [-0.2, 0) is 13.0 Å². The Labute approximate surface area is 184 Å². The normalized spacial score (nSPS) is 11.1. The zero-order valence-electron chi connectivity index (χ0n) is 15.0. The summed E-state index contributed by atoms with van der Waals surface area (Å²) < 4.78 is 5.31. The maximum Gasteiger partial charge on any atom is 0.228 e. The second-order valence-corrected chi connectivity index (χ2v) is 7.09. The third-order valence-corrected chi connectivity index (χ3v) is 5.08. The van der Waals surface area contributed by atoms with Gasteiger partial charge < -0.3 is 15.2 Å². The van der Waals surface area contributed by atoms with Crippen LogP contribution in [0.3, 0.4) is 0 Å². The van der Waals surface area contributed by atoms with Crippen LogP contribution in [-0.4, -0.2) is 29.7 Å². The molecule has 3 rings (SSSR count). The Balaban J connectivity index is 0.00000261. The van der Waals surface area contributed by atoms with Crippen LogP contribution in [0.2, 0.25) is 5.02 Å². The van der Waals surface area contributed by atoms with Crippen molar-refractivity contribution in [1.29, 1.82) is 0 Å². The first kappa shape index (κ1) is 21.6. The van der Waals surface area contributed by atoms with Gasteiger partial charge in [0.15, 0.2) is 5.96 Å². The van der Waals surface area contributed by atoms with Crippen molar-refractivity contribution in [2.24, 2.45) is 4.99 Å². The Morgan fingerprint density at radius 2 is 2.00 bits per heavy atom. The number of aromatic nitrogens is 2. The highest BCUT2D eigenvalue weighted by atomic mass is 127. The Bertz CT molecular complexity index is 878. The van der Waals surface area contributed by atoms with E-state index in [4.69, 9.17) is 16.1 Å². The van der Waals surface area contributed by atoms with Crippen molar-refractivity contribution in [2.75, 3.05) is 13.6 Å². The SMILES string of the molecule is CN=C(NCCc1nc(-c2ccc(Cl)cc2)no1)NCc1sccc1C.I. The molecule has 0 atom stereocenters. The third kappa shape index (κ3) is 6.18. The largest absolute Gasteiger partial charge is 0.356 e. The number of hydrogen-bond acceptors (Lipinski definition) is 5. The molecule has 0 aliphatic rings. The summed E-state index contributed by atoms with van der Waals surface area (Å²) >= 11 is 7.63. The first-order chi connectivity index (χ1) is 12.7. The van der Waals surface area contributed by atoms with Gasteiger partial charge in [-0.05, 0) is 48.2 Å². The van der Waals surface area contributed by atoms with Crippen molar-refractivity contribution in [1.82, 2.24) is 20.8 Å². The van der Waals surface area contributed by atoms with Crippen LogP contribution in [0.4, 0.5) is 0 Å². The van der Waals surface area contributed by atoms with Crippen LogP contribution < -0.4 is 10.6 Å². The molecule has 9 heteroatoms. The molecule has 0 saturated carbocycles. The van der Waals surface area contributed by atoms with Gasteiger partial charge in [0.1, 0.15) is 0 Å². The van der Waals surface area contributed by atoms with Crippen LogP contribution in [0.1, 0.15) is 16.3 Å². The molecule has 3 aromatic rings. The summed E-state index contributed by atoms with van der Waals surface area (Å²) in [4.78, 5) is 9.94. The van der Waals surface area contributed by atoms with Crippen LogP contribution in [0.25, 0.3) is 11.4 Å². The fraction of sp³-hybridized carbons (Fsp3) is 0.278. The van der Waals surface area contributed by atoms with Gasteiger partial charge in [-0.2, -0.15) is 4.98 Å². The number of thiophene rings is 1. The molecule has 0 fully saturated rings. The monoisotopic (exact) mass is 517 g/mol. The molecule has 0 unspecified atom stereocenters. The Hall–Kier alpha value is -1.65. The molecular weight excluding hydrogens is 497 g/mol. The molecular formula is C18H21ClIN5OS. The van der Waals surface area contributed by atoms with Crippen molar-refractivity contribution < 1.29 is 4.52 Å². The number of aliphatic imine (C=N–C) groups is 1. The number of guanidine groups is 1. The summed E-state index contributed by atoms with van der Waals surface area (Å²) in [6.45, 7) is 3.51. The van der Waals surface area contributed by atoms with E-state index in [2.05, 4.69) is 44.1 Å². The van der Waals surface area contributed by atoms with E-state index in [0.29, 0.717) is 29.7 Å². The summed E-state index contributed by atoms with van der Waals surface area (Å²) in [5.41, 5.74) is 2.17. The lowest BCUT2D eigenvalue weighted by Gasteiger charge is -2.10. The maximum absolute atomic E-state index is 5.89. The van der Waals surface area contributed by atoms with Crippen LogP contribution >= 0.6 is 46.9 Å². The van der Waals surface area contributed by atoms with Crippen molar-refractivity contribution >= 4 is 52.9 Å². The van der Waals surface area contributed by atoms with Crippen molar-refractivity contribution in [3.05, 3.63) is 57.1 Å². The highest BCUT2D eigenvalue weighted by Gasteiger charge is 2.09. The minimum Gasteiger partial charge on any atom is -0.356 e. The van der Waals surface area contributed by atoms with Gasteiger partial charge in [0, 0.05) is 35.5 Å². The average Bonchev–Trinajstić information content (AvgIpc) is 3.28. The molecule has 0 aliphatic heterocycles. The standard InChI is InChI=1S/C18H20ClN5OS.HI/c1-12-8-10-26-15(12)11-22-18(20-2)21-9-7-16-23-17(24-25-16)13-3-5-14(19)6-4-13;/h3-6,8,10H,7,9,11H2,1-2H3,(H2,20,21,22);1H. The van der Waals surface area contributed by atoms with E-state index in [1.807, 2.05) is 12.1 Å². The first-order valence-electron chi connectivity index (χ1n) is 8.21. The van der Waals surface area contributed by atoms with Crippen molar-refractivity contribution in [3.8, 4) is 11.4 Å². The summed E-state index contributed by atoms with van der Waals surface area (Å²) in [7, 11) is 1.75. The molecule has 2 heterocycles. The summed E-state index contributed by atoms with van der Waals surface area (Å²) in [5, 5.41) is 13.3. The second-order valence-electron chi connectivity index (χ2n) is 5.65. The molecule has 0 aliphatic carbocycles. The number of rotatable bonds is 6. The smallest absolute Gasteiger partial charge is 0.228 e. The zero-order valence-corrected chi connectivity index (χ0v) is 18.9. The summed E-state index contributed by atoms with van der Waals surface area (Å²) in [6.07, 6.45) is 0.610. The Morgan fingerprint density at radius 3 is 2.67 bits per heavy atom. The van der Waals surface area contributed by atoms with Gasteiger partial charge in [0.25, 0.3) is 0 Å². The zero-order chi connectivity index (χ0) is 18.4. The average molecular weight is 518 g/mol. The number of nitrogens with zero attached hydrogens (tertiary/aromatic N) is 3. The molecule has 6 nitrogen and oxygen atoms in total. The molecule has 144 valence electrons. The molecule has 0 amide bonds. The van der Waals surface area contributed by atoms with Gasteiger partial charge in [0.05, 0.1) is 6.54 Å². The van der Waals surface area contributed by atoms with E-state index < -0.39 is 0 Å². The molecule has 2 N–H and O–H groups in total. The Kier molecular flexibility index (Phi) is 8.52. The fourth-order valence-electron chi connectivity index (χ4n) is 2.33. The van der Waals surface area contributed by atoms with Crippen LogP contribution in [0.15, 0.2) is 45.2 Å². The van der Waals surface area contributed by atoms with Crippen LogP contribution in [0.5, 0.6) is 0 Å². The van der Waals surface area contributed by atoms with E-state index in [0.717, 1.165) is 18.1 Å². The lowest BCUT2D eigenvalue weighted by Crippen LogP contribution is -2.37. The molecule has 0 saturated heterocycles.